The van der Waals surface area contributed by atoms with Crippen molar-refractivity contribution in [3.63, 3.8) is 0 Å². The molecule has 0 aliphatic heterocycles. The van der Waals surface area contributed by atoms with Crippen LogP contribution in [0.15, 0.2) is 91.0 Å². The number of rotatable bonds is 5. The summed E-state index contributed by atoms with van der Waals surface area (Å²) in [7, 11) is 0. The first-order valence-corrected chi connectivity index (χ1v) is 7.81. The molecule has 3 N–H and O–H groups in total. The van der Waals surface area contributed by atoms with E-state index in [-0.39, 0.29) is 0 Å². The Morgan fingerprint density at radius 2 is 1.12 bits per heavy atom. The molecule has 3 rings (SSSR count). The van der Waals surface area contributed by atoms with Gasteiger partial charge in [-0.15, -0.1) is 0 Å². The highest BCUT2D eigenvalue weighted by atomic mass is 16.3. The van der Waals surface area contributed by atoms with Crippen LogP contribution in [0.2, 0.25) is 0 Å². The average molecular weight is 317 g/mol. The number of carbonyl (C=O) groups is 1. The lowest BCUT2D eigenvalue weighted by Crippen LogP contribution is -2.42. The lowest BCUT2D eigenvalue weighted by atomic mass is 9.72. The van der Waals surface area contributed by atoms with E-state index in [0.717, 1.165) is 0 Å². The summed E-state index contributed by atoms with van der Waals surface area (Å²) < 4.78 is 0. The fourth-order valence-electron chi connectivity index (χ4n) is 3.14. The number of hydrogen-bond donors (Lipinski definition) is 2. The van der Waals surface area contributed by atoms with Gasteiger partial charge in [0.15, 0.2) is 0 Å². The number of aliphatic hydroxyl groups is 1. The van der Waals surface area contributed by atoms with Gasteiger partial charge in [-0.1, -0.05) is 91.0 Å². The van der Waals surface area contributed by atoms with Crippen LogP contribution in [0, 0.1) is 0 Å². The van der Waals surface area contributed by atoms with Crippen molar-refractivity contribution >= 4 is 5.91 Å². The summed E-state index contributed by atoms with van der Waals surface area (Å²) in [6.45, 7) is 0. The Balaban J connectivity index is 2.26. The second kappa shape index (κ2) is 6.69. The number of benzene rings is 3. The van der Waals surface area contributed by atoms with E-state index in [1.54, 1.807) is 0 Å². The maximum Gasteiger partial charge on any atom is 0.228 e. The molecule has 0 aliphatic rings. The smallest absolute Gasteiger partial charge is 0.228 e. The summed E-state index contributed by atoms with van der Waals surface area (Å²) in [5.41, 5.74) is 6.12. The number of hydrogen-bond acceptors (Lipinski definition) is 2. The van der Waals surface area contributed by atoms with Crippen molar-refractivity contribution in [2.45, 2.75) is 11.5 Å². The highest BCUT2D eigenvalue weighted by molar-refractivity contribution is 5.84. The summed E-state index contributed by atoms with van der Waals surface area (Å²) in [5.74, 6) is -1.47. The number of amides is 1. The topological polar surface area (TPSA) is 63.3 Å². The zero-order chi connectivity index (χ0) is 17.0. The second-order valence-corrected chi connectivity index (χ2v) is 5.74. The van der Waals surface area contributed by atoms with Crippen LogP contribution in [0.25, 0.3) is 0 Å². The average Bonchev–Trinajstić information content (AvgIpc) is 2.64. The van der Waals surface area contributed by atoms with Crippen molar-refractivity contribution in [3.8, 4) is 0 Å². The molecule has 0 fully saturated rings. The Hall–Kier alpha value is -2.91. The van der Waals surface area contributed by atoms with Crippen molar-refractivity contribution in [2.75, 3.05) is 0 Å². The fraction of sp³-hybridized carbons (Fsp3) is 0.0952. The van der Waals surface area contributed by atoms with Gasteiger partial charge in [-0.3, -0.25) is 4.79 Å². The van der Waals surface area contributed by atoms with E-state index in [0.29, 0.717) is 16.7 Å². The Morgan fingerprint density at radius 1 is 0.750 bits per heavy atom. The molecule has 3 nitrogen and oxygen atoms in total. The highest BCUT2D eigenvalue weighted by Crippen LogP contribution is 2.42. The van der Waals surface area contributed by atoms with Gasteiger partial charge in [0.05, 0.1) is 5.92 Å². The van der Waals surface area contributed by atoms with Gasteiger partial charge in [-0.05, 0) is 16.7 Å². The number of primary amides is 1. The summed E-state index contributed by atoms with van der Waals surface area (Å²) in [5, 5.41) is 11.7. The second-order valence-electron chi connectivity index (χ2n) is 5.74. The lowest BCUT2D eigenvalue weighted by Gasteiger charge is -2.36. The van der Waals surface area contributed by atoms with Crippen LogP contribution in [-0.4, -0.2) is 11.0 Å². The molecule has 0 bridgehead atoms. The van der Waals surface area contributed by atoms with Crippen LogP contribution in [0.3, 0.4) is 0 Å². The Labute approximate surface area is 141 Å². The molecule has 3 aromatic rings. The van der Waals surface area contributed by atoms with Crippen LogP contribution >= 0.6 is 0 Å². The highest BCUT2D eigenvalue weighted by Gasteiger charge is 2.44. The van der Waals surface area contributed by atoms with Gasteiger partial charge < -0.3 is 10.8 Å². The monoisotopic (exact) mass is 317 g/mol. The maximum atomic E-state index is 12.4. The molecule has 3 heteroatoms. The van der Waals surface area contributed by atoms with Crippen LogP contribution < -0.4 is 5.73 Å². The molecule has 1 amide bonds. The maximum absolute atomic E-state index is 12.4. The quantitative estimate of drug-likeness (QED) is 0.759. The first-order chi connectivity index (χ1) is 11.6. The first-order valence-electron chi connectivity index (χ1n) is 7.81. The molecule has 0 saturated heterocycles. The van der Waals surface area contributed by atoms with E-state index < -0.39 is 17.4 Å². The molecule has 0 spiro atoms. The van der Waals surface area contributed by atoms with Gasteiger partial charge in [0.1, 0.15) is 5.60 Å². The molecule has 0 saturated carbocycles. The SMILES string of the molecule is NC(=O)[C@H](c1ccccc1)C(O)(c1ccccc1)c1ccccc1. The van der Waals surface area contributed by atoms with Gasteiger partial charge in [-0.25, -0.2) is 0 Å². The van der Waals surface area contributed by atoms with E-state index in [4.69, 9.17) is 5.73 Å². The Morgan fingerprint density at radius 3 is 1.50 bits per heavy atom. The van der Waals surface area contributed by atoms with E-state index in [1.807, 2.05) is 91.0 Å². The van der Waals surface area contributed by atoms with E-state index in [2.05, 4.69) is 0 Å². The van der Waals surface area contributed by atoms with E-state index >= 15 is 0 Å². The minimum atomic E-state index is -1.55. The third kappa shape index (κ3) is 2.82. The largest absolute Gasteiger partial charge is 0.379 e. The van der Waals surface area contributed by atoms with Gasteiger partial charge in [0, 0.05) is 0 Å². The Kier molecular flexibility index (Phi) is 4.45. The van der Waals surface area contributed by atoms with E-state index in [9.17, 15) is 9.90 Å². The van der Waals surface area contributed by atoms with Crippen LogP contribution in [0.1, 0.15) is 22.6 Å². The molecule has 0 unspecified atom stereocenters. The summed E-state index contributed by atoms with van der Waals surface area (Å²) in [6, 6.07) is 27.5. The van der Waals surface area contributed by atoms with Crippen LogP contribution in [-0.2, 0) is 10.4 Å². The standard InChI is InChI=1S/C21H19NO2/c22-20(23)19(16-10-4-1-5-11-16)21(24,17-12-6-2-7-13-17)18-14-8-3-9-15-18/h1-15,19,24H,(H2,22,23)/t19-/m0/s1. The molecule has 3 aromatic carbocycles. The van der Waals surface area contributed by atoms with Crippen molar-refractivity contribution in [3.05, 3.63) is 108 Å². The Bertz CT molecular complexity index is 762. The molecule has 1 atom stereocenters. The number of carbonyl (C=O) groups excluding carboxylic acids is 1. The van der Waals surface area contributed by atoms with Crippen molar-refractivity contribution < 1.29 is 9.90 Å². The third-order valence-electron chi connectivity index (χ3n) is 4.26. The number of nitrogens with two attached hydrogens (primary N) is 1. The zero-order valence-corrected chi connectivity index (χ0v) is 13.2. The van der Waals surface area contributed by atoms with Crippen molar-refractivity contribution in [1.82, 2.24) is 0 Å². The molecule has 120 valence electrons. The van der Waals surface area contributed by atoms with Gasteiger partial charge in [0.2, 0.25) is 5.91 Å². The zero-order valence-electron chi connectivity index (χ0n) is 13.2. The molecular weight excluding hydrogens is 298 g/mol. The van der Waals surface area contributed by atoms with Gasteiger partial charge >= 0.3 is 0 Å². The summed E-state index contributed by atoms with van der Waals surface area (Å²) in [4.78, 5) is 12.4. The normalized spacial score (nSPS) is 12.5. The van der Waals surface area contributed by atoms with Crippen LogP contribution in [0.5, 0.6) is 0 Å². The lowest BCUT2D eigenvalue weighted by molar-refractivity contribution is -0.124. The summed E-state index contributed by atoms with van der Waals surface area (Å²) in [6.07, 6.45) is 0. The fourth-order valence-corrected chi connectivity index (χ4v) is 3.14. The predicted octanol–water partition coefficient (Wildman–Crippen LogP) is 3.19. The van der Waals surface area contributed by atoms with Crippen molar-refractivity contribution in [2.24, 2.45) is 5.73 Å². The van der Waals surface area contributed by atoms with Gasteiger partial charge in [-0.2, -0.15) is 0 Å². The van der Waals surface area contributed by atoms with Crippen molar-refractivity contribution in [1.29, 1.82) is 0 Å². The molecule has 0 aliphatic carbocycles. The molecule has 0 aromatic heterocycles. The molecule has 0 radical (unpaired) electrons. The predicted molar refractivity (Wildman–Crippen MR) is 94.3 cm³/mol. The first kappa shape index (κ1) is 16.0. The van der Waals surface area contributed by atoms with Crippen LogP contribution in [0.4, 0.5) is 0 Å². The third-order valence-corrected chi connectivity index (χ3v) is 4.26. The van der Waals surface area contributed by atoms with Gasteiger partial charge in [0.25, 0.3) is 0 Å². The minimum absolute atomic E-state index is 0.573. The molecule has 0 heterocycles. The molecular formula is C21H19NO2. The summed E-state index contributed by atoms with van der Waals surface area (Å²) >= 11 is 0. The van der Waals surface area contributed by atoms with E-state index in [1.165, 1.54) is 0 Å². The molecule has 24 heavy (non-hydrogen) atoms. The minimum Gasteiger partial charge on any atom is -0.379 e.